The summed E-state index contributed by atoms with van der Waals surface area (Å²) in [6.45, 7) is 5.04. The summed E-state index contributed by atoms with van der Waals surface area (Å²) < 4.78 is 0. The maximum atomic E-state index is 9.13. The molecule has 0 aliphatic carbocycles. The highest BCUT2D eigenvalue weighted by Crippen LogP contribution is 2.29. The van der Waals surface area contributed by atoms with Gasteiger partial charge >= 0.3 is 0 Å². The summed E-state index contributed by atoms with van der Waals surface area (Å²) in [7, 11) is 0. The maximum absolute atomic E-state index is 9.13. The first-order valence-corrected chi connectivity index (χ1v) is 14.6. The van der Waals surface area contributed by atoms with Crippen LogP contribution in [0.15, 0.2) is 133 Å². The summed E-state index contributed by atoms with van der Waals surface area (Å²) in [5.74, 6) is 0. The lowest BCUT2D eigenvalue weighted by Crippen LogP contribution is -2.18. The predicted octanol–water partition coefficient (Wildman–Crippen LogP) is 8.74. The van der Waals surface area contributed by atoms with Crippen molar-refractivity contribution >= 4 is 34.7 Å². The SMILES string of the molecule is CCCCN(c1ccc(C=C(c2ccccc2)c2ccccc2)cc1)c1ccc(C=c2ccc(=C(C)C#N)cc2)cc1. The largest absolute Gasteiger partial charge is 0.341 e. The summed E-state index contributed by atoms with van der Waals surface area (Å²) in [4.78, 5) is 2.41. The van der Waals surface area contributed by atoms with Crippen molar-refractivity contribution in [3.05, 3.63) is 166 Å². The fourth-order valence-electron chi connectivity index (χ4n) is 5.05. The van der Waals surface area contributed by atoms with Crippen LogP contribution >= 0.6 is 0 Å². The van der Waals surface area contributed by atoms with Gasteiger partial charge in [-0.1, -0.05) is 123 Å². The molecule has 0 spiro atoms. The summed E-state index contributed by atoms with van der Waals surface area (Å²) in [5.41, 5.74) is 9.07. The van der Waals surface area contributed by atoms with Crippen molar-refractivity contribution in [1.82, 2.24) is 0 Å². The van der Waals surface area contributed by atoms with Crippen LogP contribution < -0.4 is 15.3 Å². The molecule has 0 N–H and O–H groups in total. The highest BCUT2D eigenvalue weighted by atomic mass is 15.1. The van der Waals surface area contributed by atoms with Crippen LogP contribution in [-0.2, 0) is 0 Å². The molecular weight excluding hydrogens is 508 g/mol. The number of anilines is 2. The summed E-state index contributed by atoms with van der Waals surface area (Å²) in [5, 5.41) is 11.2. The lowest BCUT2D eigenvalue weighted by atomic mass is 9.95. The normalized spacial score (nSPS) is 10.4. The van der Waals surface area contributed by atoms with E-state index in [1.807, 2.05) is 19.1 Å². The highest BCUT2D eigenvalue weighted by Gasteiger charge is 2.10. The van der Waals surface area contributed by atoms with E-state index < -0.39 is 0 Å². The number of nitriles is 1. The monoisotopic (exact) mass is 544 g/mol. The molecule has 0 saturated carbocycles. The molecule has 42 heavy (non-hydrogen) atoms. The van der Waals surface area contributed by atoms with Crippen molar-refractivity contribution in [2.75, 3.05) is 11.4 Å². The minimum Gasteiger partial charge on any atom is -0.341 e. The third-order valence-electron chi connectivity index (χ3n) is 7.47. The number of benzene rings is 5. The van der Waals surface area contributed by atoms with Gasteiger partial charge in [0.2, 0.25) is 0 Å². The van der Waals surface area contributed by atoms with Crippen LogP contribution in [0.3, 0.4) is 0 Å². The molecule has 0 unspecified atom stereocenters. The first-order valence-electron chi connectivity index (χ1n) is 14.6. The van der Waals surface area contributed by atoms with Gasteiger partial charge < -0.3 is 4.90 Å². The topological polar surface area (TPSA) is 27.0 Å². The van der Waals surface area contributed by atoms with Crippen LogP contribution in [-0.4, -0.2) is 6.54 Å². The zero-order valence-electron chi connectivity index (χ0n) is 24.4. The molecule has 0 bridgehead atoms. The molecule has 0 aliphatic heterocycles. The second kappa shape index (κ2) is 14.0. The zero-order chi connectivity index (χ0) is 29.1. The van der Waals surface area contributed by atoms with Gasteiger partial charge in [-0.15, -0.1) is 0 Å². The predicted molar refractivity (Wildman–Crippen MR) is 179 cm³/mol. The van der Waals surface area contributed by atoms with Gasteiger partial charge in [-0.05, 0) is 88.0 Å². The quantitative estimate of drug-likeness (QED) is 0.174. The Labute approximate surface area is 249 Å². The van der Waals surface area contributed by atoms with Gasteiger partial charge in [0.1, 0.15) is 0 Å². The van der Waals surface area contributed by atoms with Crippen molar-refractivity contribution in [1.29, 1.82) is 5.26 Å². The summed E-state index contributed by atoms with van der Waals surface area (Å²) >= 11 is 0. The van der Waals surface area contributed by atoms with Crippen molar-refractivity contribution < 1.29 is 0 Å². The van der Waals surface area contributed by atoms with Crippen LogP contribution in [0.4, 0.5) is 11.4 Å². The second-order valence-electron chi connectivity index (χ2n) is 10.5. The summed E-state index contributed by atoms with van der Waals surface area (Å²) in [6, 6.07) is 49.2. The smallest absolute Gasteiger partial charge is 0.0950 e. The molecule has 5 aromatic rings. The Bertz CT molecular complexity index is 1730. The van der Waals surface area contributed by atoms with Crippen molar-refractivity contribution in [2.45, 2.75) is 26.7 Å². The Morgan fingerprint density at radius 1 is 0.667 bits per heavy atom. The molecule has 0 aliphatic rings. The molecule has 2 nitrogen and oxygen atoms in total. The average Bonchev–Trinajstić information content (AvgIpc) is 3.06. The maximum Gasteiger partial charge on any atom is 0.0950 e. The van der Waals surface area contributed by atoms with Gasteiger partial charge in [0, 0.05) is 23.5 Å². The molecule has 0 fully saturated rings. The Hall–Kier alpha value is -5.13. The van der Waals surface area contributed by atoms with E-state index in [0.717, 1.165) is 41.0 Å². The Balaban J connectivity index is 1.41. The lowest BCUT2D eigenvalue weighted by Gasteiger charge is -2.25. The number of hydrogen-bond acceptors (Lipinski definition) is 2. The zero-order valence-corrected chi connectivity index (χ0v) is 24.4. The second-order valence-corrected chi connectivity index (χ2v) is 10.5. The minimum atomic E-state index is 0.731. The third-order valence-corrected chi connectivity index (χ3v) is 7.47. The van der Waals surface area contributed by atoms with Gasteiger partial charge in [-0.3, -0.25) is 0 Å². The molecule has 0 heterocycles. The van der Waals surface area contributed by atoms with E-state index in [-0.39, 0.29) is 0 Å². The Morgan fingerprint density at radius 2 is 1.19 bits per heavy atom. The Morgan fingerprint density at radius 3 is 1.69 bits per heavy atom. The molecule has 0 radical (unpaired) electrons. The first kappa shape index (κ1) is 28.4. The minimum absolute atomic E-state index is 0.731. The molecule has 0 aromatic heterocycles. The molecule has 5 aromatic carbocycles. The molecule has 0 amide bonds. The third kappa shape index (κ3) is 7.14. The van der Waals surface area contributed by atoms with Crippen molar-refractivity contribution in [2.24, 2.45) is 0 Å². The van der Waals surface area contributed by atoms with Gasteiger partial charge in [-0.25, -0.2) is 0 Å². The van der Waals surface area contributed by atoms with E-state index in [1.54, 1.807) is 0 Å². The molecule has 0 saturated heterocycles. The van der Waals surface area contributed by atoms with E-state index >= 15 is 0 Å². The number of hydrogen-bond donors (Lipinski definition) is 0. The van der Waals surface area contributed by atoms with E-state index in [4.69, 9.17) is 5.26 Å². The Kier molecular flexibility index (Phi) is 9.45. The van der Waals surface area contributed by atoms with E-state index in [9.17, 15) is 0 Å². The number of rotatable bonds is 9. The van der Waals surface area contributed by atoms with Crippen LogP contribution in [0.25, 0.3) is 23.3 Å². The van der Waals surface area contributed by atoms with Gasteiger partial charge in [0.05, 0.1) is 6.07 Å². The van der Waals surface area contributed by atoms with Crippen LogP contribution in [0.1, 0.15) is 48.9 Å². The highest BCUT2D eigenvalue weighted by molar-refractivity contribution is 5.91. The number of unbranched alkanes of at least 4 members (excludes halogenated alkanes) is 1. The average molecular weight is 545 g/mol. The molecule has 5 rings (SSSR count). The fraction of sp³-hybridized carbons (Fsp3) is 0.125. The van der Waals surface area contributed by atoms with Gasteiger partial charge in [-0.2, -0.15) is 5.26 Å². The van der Waals surface area contributed by atoms with Gasteiger partial charge in [0.15, 0.2) is 0 Å². The lowest BCUT2D eigenvalue weighted by molar-refractivity contribution is 0.786. The fourth-order valence-corrected chi connectivity index (χ4v) is 5.05. The molecule has 2 heteroatoms. The van der Waals surface area contributed by atoms with Crippen LogP contribution in [0.2, 0.25) is 0 Å². The standard InChI is InChI=1S/C40H36N2/c1-3-4-27-42(38-23-17-33(18-24-38)28-32-15-21-35(22-16-32)31(2)30-41)39-25-19-34(20-26-39)29-40(36-11-7-5-8-12-36)37-13-9-6-10-14-37/h5-26,28-29H,3-4,27H2,1-2H3. The van der Waals surface area contributed by atoms with Crippen LogP contribution in [0.5, 0.6) is 0 Å². The molecular formula is C40H36N2. The molecule has 0 atom stereocenters. The molecule has 206 valence electrons. The summed E-state index contributed by atoms with van der Waals surface area (Å²) in [6.07, 6.45) is 6.71. The van der Waals surface area contributed by atoms with E-state index in [2.05, 4.69) is 151 Å². The van der Waals surface area contributed by atoms with Crippen molar-refractivity contribution in [3.63, 3.8) is 0 Å². The first-order chi connectivity index (χ1) is 20.6. The van der Waals surface area contributed by atoms with Crippen molar-refractivity contribution in [3.8, 4) is 6.07 Å². The van der Waals surface area contributed by atoms with Crippen LogP contribution in [0, 0.1) is 11.3 Å². The van der Waals surface area contributed by atoms with E-state index in [1.165, 1.54) is 33.6 Å². The van der Waals surface area contributed by atoms with Gasteiger partial charge in [0.25, 0.3) is 0 Å². The van der Waals surface area contributed by atoms with E-state index in [0.29, 0.717) is 0 Å². The number of nitrogens with zero attached hydrogens (tertiary/aromatic N) is 2.